The Morgan fingerprint density at radius 1 is 0.496 bits per heavy atom. The zero-order chi connectivity index (χ0) is 105. The van der Waals surface area contributed by atoms with E-state index in [1.54, 1.807) is 48.8 Å². The van der Waals surface area contributed by atoms with Crippen molar-refractivity contribution in [3.05, 3.63) is 67.0 Å². The van der Waals surface area contributed by atoms with Crippen molar-refractivity contribution in [2.24, 2.45) is 0 Å². The fraction of sp³-hybridized carbons (Fsp3) is 0.780. The molecule has 0 spiro atoms. The third-order valence-corrected chi connectivity index (χ3v) is 4.11. The quantitative estimate of drug-likeness (QED) is 0.0128. The van der Waals surface area contributed by atoms with Crippen LogP contribution in [-0.2, 0) is 57.3 Å². The van der Waals surface area contributed by atoms with Crippen LogP contribution in [-0.4, -0.2) is 173 Å². The number of carboxylic acid groups (broad SMARTS) is 1. The van der Waals surface area contributed by atoms with E-state index in [4.69, 9.17) is 59.9 Å². The maximum absolute atomic E-state index is 11.3. The molecule has 125 heavy (non-hydrogen) atoms. The summed E-state index contributed by atoms with van der Waals surface area (Å²) >= 11 is 7.62. The van der Waals surface area contributed by atoms with E-state index in [2.05, 4.69) is 98.3 Å². The van der Waals surface area contributed by atoms with Gasteiger partial charge in [0.1, 0.15) is 24.2 Å². The monoisotopic (exact) mass is 2100 g/mol. The molecule has 0 amide bonds. The molecule has 0 heterocycles. The van der Waals surface area contributed by atoms with Crippen LogP contribution in [0.2, 0.25) is 13.6 Å². The van der Waals surface area contributed by atoms with Crippen molar-refractivity contribution >= 4 is 110 Å². The van der Waals surface area contributed by atoms with Crippen LogP contribution in [0.15, 0.2) is 60.0 Å². The largest absolute Gasteiger partial charge is 1.00 e. The summed E-state index contributed by atoms with van der Waals surface area (Å²) in [5.41, 5.74) is -0.750. The topological polar surface area (TPSA) is 346 Å². The van der Waals surface area contributed by atoms with Gasteiger partial charge >= 0.3 is 253 Å². The van der Waals surface area contributed by atoms with E-state index in [0.717, 1.165) is 65.9 Å². The van der Waals surface area contributed by atoms with E-state index in [1.165, 1.54) is 81.2 Å². The summed E-state index contributed by atoms with van der Waals surface area (Å²) in [6, 6.07) is 0. The van der Waals surface area contributed by atoms with E-state index in [0.29, 0.717) is 18.9 Å². The van der Waals surface area contributed by atoms with Crippen LogP contribution >= 0.6 is 45.1 Å². The number of halogens is 13. The number of aliphatic hydroxyl groups excluding tert-OH is 2. The minimum Gasteiger partial charge on any atom is -1.00 e. The molecule has 7 N–H and O–H groups in total. The molecule has 0 aromatic carbocycles. The first-order valence-electron chi connectivity index (χ1n) is 38.3. The van der Waals surface area contributed by atoms with Gasteiger partial charge in [0.2, 0.25) is 0 Å². The minimum absolute atomic E-state index is 0. The number of ether oxygens (including phenoxy) is 5. The van der Waals surface area contributed by atoms with Gasteiger partial charge in [0.15, 0.2) is 10.9 Å². The van der Waals surface area contributed by atoms with Crippen molar-refractivity contribution in [3.8, 4) is 0 Å². The standard InChI is InChI=1S/C4H6F2.C4H9O.C4H10.C4H9.2C4H8.C3H3F3.C3H6F2O.2C3H6O2.C3H6OS.C3H8O.C3H8.C2H5Br.C2F4.C2H4O2.C2H6O.2C2H4O.10C2H6.2CH5BO2.CH2O3.CH4O.CH4.B.BrH.3K.Li.Na.2H/c1-3(5)4(2)6;1-4(2,3)5;4*1-3-4-2;1-2(4)3(5)6;1-3(4,5)6-2;2*1-3(4)5-2;1-3(5)4-2;1-3-4-2;1-3-2;1-2-3;3-1(4)2(5)6;1-2(3)4;3*1-2-3;10*1-2;2*1-2(3)4;2-1-4-3;1-2;;;;;;;;;;/h1-2H3;1-3H3;3-4H2,1-2H3;1,3-4H2,2H3;2*3-4H,1-2H3;1H3;1-2H3;3*1-2H3;3H2,1-2H3;3H2,1-2H3;2H2,1H3;;1H3,(H,3,4);3H,2H2,1H3;2*2H,1H3;10*1-2H3;2*3-4H,1H3;1,3H;2H,1H3;1H4;;1H;;;;;;;/q;-1;;-1;;;;;;;;;;;;;;;;;;;;;;;;;;;;;;;;;5*+1;2*-1/p-1/b4-3+;;;;;;;;;;;;;;;;;;;;;;;;;;;;;;;;;;;;;;;;;;. The number of methoxy groups -OCH3 is 5. The number of thiocarbonyl (C=S) groups is 1. The normalized spacial score (nSPS) is 6.61. The second-order valence-corrected chi connectivity index (χ2v) is 16.8. The molecule has 21 nitrogen and oxygen atoms in total. The number of unbranched alkanes of at least 4 members (excludes halogenated alkanes) is 2. The average molecular weight is 2100 g/mol. The smallest absolute Gasteiger partial charge is 1.00 e. The second kappa shape index (κ2) is 390. The van der Waals surface area contributed by atoms with Gasteiger partial charge in [-0.1, -0.05) is 274 Å². The van der Waals surface area contributed by atoms with Crippen LogP contribution in [0.4, 0.5) is 48.3 Å². The number of aldehydes is 2. The molecule has 0 saturated carbocycles. The summed E-state index contributed by atoms with van der Waals surface area (Å²) in [5, 5.41) is 72.6. The Hall–Kier alpha value is 2.30. The number of esters is 2. The number of aliphatic carboxylic acids is 1. The van der Waals surface area contributed by atoms with Crippen molar-refractivity contribution < 1.29 is 357 Å². The van der Waals surface area contributed by atoms with Crippen molar-refractivity contribution in [3.63, 3.8) is 0 Å². The summed E-state index contributed by atoms with van der Waals surface area (Å²) < 4.78 is 139. The molecule has 0 aromatic heterocycles. The van der Waals surface area contributed by atoms with E-state index in [1.807, 2.05) is 204 Å². The zero-order valence-electron chi connectivity index (χ0n) is 92.3. The Balaban J connectivity index is -0.0000000140. The fourth-order valence-electron chi connectivity index (χ4n) is 0. The molecule has 0 rings (SSSR count). The third-order valence-electron chi connectivity index (χ3n) is 3.95. The molecule has 0 aliphatic carbocycles. The number of carbonyl (C=O) groups is 6. The SMILES string of the molecule is Br.C.C/C(F)=C(/C)F.CB(O)O.CB(O)O.CC.CC.CC.CC.CC.CC.CC.CC.CC.CC.CC(=O)O.CC(C)(C)[O-].CC(F)=C(F)F.CC=CC.CC=CC.CC=O.CC=O.CCBr.CCC.CCCC.CCO.CCOC.CO.COC(C)(F)F.COC(C)=O.COC(C)=O.COC(C)=S.FC(F)=C(F)F.O=CO[O-].[B].[CH2-]CCC.[H-].[H-].[K+].[K+].[K+].[Li+].[Na+]. The van der Waals surface area contributed by atoms with Gasteiger partial charge in [-0.05, 0) is 102 Å². The molecule has 3 radical (unpaired) electrons. The molecule has 0 bridgehead atoms. The maximum Gasteiger partial charge on any atom is 1.00 e. The molecule has 0 saturated heterocycles. The van der Waals surface area contributed by atoms with Crippen molar-refractivity contribution in [2.75, 3.05) is 61.2 Å². The maximum atomic E-state index is 11.3. The number of alkyl halides is 3. The Labute approximate surface area is 958 Å². The van der Waals surface area contributed by atoms with Crippen LogP contribution in [0, 0.1) is 6.92 Å². The Morgan fingerprint density at radius 2 is 0.584 bits per heavy atom. The zero-order valence-corrected chi connectivity index (χ0v) is 106. The summed E-state index contributed by atoms with van der Waals surface area (Å²) in [7, 11) is 5.56. The first-order chi connectivity index (χ1) is 54.1. The third kappa shape index (κ3) is 2270. The minimum atomic E-state index is -2.96. The molecule has 0 fully saturated rings. The van der Waals surface area contributed by atoms with Gasteiger partial charge in [-0.3, -0.25) is 19.2 Å². The van der Waals surface area contributed by atoms with E-state index < -0.39 is 67.6 Å². The van der Waals surface area contributed by atoms with Gasteiger partial charge in [0, 0.05) is 82.9 Å². The molecule has 0 aliphatic rings. The van der Waals surface area contributed by atoms with Gasteiger partial charge in [0.25, 0.3) is 12.4 Å². The van der Waals surface area contributed by atoms with Crippen molar-refractivity contribution in [1.29, 1.82) is 0 Å². The number of hydrogen-bond donors (Lipinski definition) is 7. The second-order valence-electron chi connectivity index (χ2n) is 15.1. The first kappa shape index (κ1) is 273. The van der Waals surface area contributed by atoms with Crippen molar-refractivity contribution in [2.45, 2.75) is 376 Å². The number of carboxylic acids is 1. The Kier molecular flexibility index (Phi) is 851. The van der Waals surface area contributed by atoms with Crippen LogP contribution in [0.25, 0.3) is 0 Å². The summed E-state index contributed by atoms with van der Waals surface area (Å²) in [5.74, 6) is -4.21. The predicted octanol–water partition coefficient (Wildman–Crippen LogP) is 12.1. The van der Waals surface area contributed by atoms with Gasteiger partial charge in [0.05, 0.1) is 21.3 Å². The fourth-order valence-corrected chi connectivity index (χ4v) is 0. The molecule has 0 aromatic rings. The predicted molar refractivity (Wildman–Crippen MR) is 516 cm³/mol. The number of aliphatic hydroxyl groups is 2. The molecule has 43 heteroatoms. The summed E-state index contributed by atoms with van der Waals surface area (Å²) in [6.45, 7) is 88.3. The summed E-state index contributed by atoms with van der Waals surface area (Å²) in [4.78, 5) is 57.0. The van der Waals surface area contributed by atoms with Crippen LogP contribution in [0.1, 0.15) is 354 Å². The van der Waals surface area contributed by atoms with Crippen LogP contribution in [0.5, 0.6) is 0 Å². The van der Waals surface area contributed by atoms with E-state index >= 15 is 0 Å². The number of carbonyl (C=O) groups excluding carboxylic acids is 5. The van der Waals surface area contributed by atoms with E-state index in [9.17, 15) is 63.0 Å². The molecule has 0 unspecified atom stereocenters. The molecule has 0 aliphatic heterocycles. The number of allylic oxidation sites excluding steroid dienone is 7. The number of hydrogen-bond acceptors (Lipinski definition) is 21. The van der Waals surface area contributed by atoms with Gasteiger partial charge in [-0.15, -0.1) is 22.6 Å². The van der Waals surface area contributed by atoms with Gasteiger partial charge in [-0.25, -0.2) is 13.2 Å². The number of rotatable bonds is 5. The Bertz CT molecular complexity index is 1400. The molecular formula is C82H198B3Br2F11K3LiNaO21S. The van der Waals surface area contributed by atoms with Gasteiger partial charge < -0.3 is 93.7 Å². The molecule has 0 atom stereocenters. The summed E-state index contributed by atoms with van der Waals surface area (Å²) in [6.07, 6.45) is 4.65. The first-order valence-corrected chi connectivity index (χ1v) is 39.9. The van der Waals surface area contributed by atoms with Crippen LogP contribution in [0.3, 0.4) is 0 Å². The Morgan fingerprint density at radius 3 is 0.584 bits per heavy atom. The molecular weight excluding hydrogens is 1900 g/mol. The van der Waals surface area contributed by atoms with E-state index in [-0.39, 0.29) is 263 Å². The van der Waals surface area contributed by atoms with Crippen LogP contribution < -0.4 is 213 Å². The average Bonchev–Trinajstić information content (AvgIpc) is 1.02. The van der Waals surface area contributed by atoms with Crippen molar-refractivity contribution in [1.82, 2.24) is 0 Å². The van der Waals surface area contributed by atoms with Gasteiger partial charge in [-0.2, -0.15) is 41.5 Å². The molecule has 763 valence electrons.